The fraction of sp³-hybridized carbons (Fsp3) is 1.00. The van der Waals surface area contributed by atoms with Crippen molar-refractivity contribution >= 4 is 7.92 Å². The quantitative estimate of drug-likeness (QED) is 0.302. The highest BCUT2D eigenvalue weighted by molar-refractivity contribution is 7.62. The van der Waals surface area contributed by atoms with E-state index in [9.17, 15) is 0 Å². The minimum Gasteiger partial charge on any atom is -0.0867 e. The molecule has 0 aromatic heterocycles. The molecule has 0 bridgehead atoms. The fourth-order valence-electron chi connectivity index (χ4n) is 12.2. The second kappa shape index (κ2) is 12.5. The zero-order valence-electron chi connectivity index (χ0n) is 24.9. The Morgan fingerprint density at radius 2 is 0.486 bits per heavy atom. The van der Waals surface area contributed by atoms with E-state index < -0.39 is 0 Å². The van der Waals surface area contributed by atoms with Gasteiger partial charge in [-0.3, -0.25) is 0 Å². The number of rotatable bonds is 6. The largest absolute Gasteiger partial charge is 0.0867 e. The van der Waals surface area contributed by atoms with Crippen LogP contribution in [0.1, 0.15) is 193 Å². The Morgan fingerprint density at radius 3 is 0.730 bits per heavy atom. The molecular weight excluding hydrogens is 463 g/mol. The van der Waals surface area contributed by atoms with Gasteiger partial charge in [0.15, 0.2) is 0 Å². The van der Waals surface area contributed by atoms with Crippen molar-refractivity contribution in [1.29, 1.82) is 0 Å². The molecule has 0 aliphatic heterocycles. The standard InChI is InChI=1S/C36H63P/c1-7-19-31(20-8-1)34(25-13-4-14-26-34)37(35(27-15-5-16-28-35)32-21-9-2-10-22-32)36(29-17-6-18-30-36)33-23-11-3-12-24-33/h31-33H,1-30H2. The second-order valence-electron chi connectivity index (χ2n) is 15.3. The van der Waals surface area contributed by atoms with Crippen LogP contribution in [0.3, 0.4) is 0 Å². The van der Waals surface area contributed by atoms with Gasteiger partial charge in [0, 0.05) is 0 Å². The van der Waals surface area contributed by atoms with Gasteiger partial charge in [0.1, 0.15) is 0 Å². The Bertz CT molecular complexity index is 578. The van der Waals surface area contributed by atoms with E-state index in [2.05, 4.69) is 0 Å². The summed E-state index contributed by atoms with van der Waals surface area (Å²) in [5, 5.41) is 2.33. The third-order valence-electron chi connectivity index (χ3n) is 13.6. The molecule has 6 fully saturated rings. The Hall–Kier alpha value is 0.430. The summed E-state index contributed by atoms with van der Waals surface area (Å²) in [6, 6.07) is 0. The molecule has 0 heterocycles. The maximum atomic E-state index is 1.67. The third-order valence-corrected chi connectivity index (χ3v) is 18.7. The average Bonchev–Trinajstić information content (AvgIpc) is 3.00. The van der Waals surface area contributed by atoms with Gasteiger partial charge in [-0.05, 0) is 110 Å². The summed E-state index contributed by atoms with van der Waals surface area (Å²) in [6.45, 7) is 0. The average molecular weight is 527 g/mol. The highest BCUT2D eigenvalue weighted by Gasteiger charge is 2.64. The summed E-state index contributed by atoms with van der Waals surface area (Å²) in [5.41, 5.74) is 0. The lowest BCUT2D eigenvalue weighted by Crippen LogP contribution is -2.58. The fourth-order valence-corrected chi connectivity index (χ4v) is 19.0. The van der Waals surface area contributed by atoms with Crippen LogP contribution < -0.4 is 0 Å². The van der Waals surface area contributed by atoms with E-state index in [0.29, 0.717) is 0 Å². The van der Waals surface area contributed by atoms with Crippen molar-refractivity contribution in [3.05, 3.63) is 0 Å². The Kier molecular flexibility index (Phi) is 9.34. The van der Waals surface area contributed by atoms with Crippen molar-refractivity contribution < 1.29 is 0 Å². The monoisotopic (exact) mass is 526 g/mol. The van der Waals surface area contributed by atoms with E-state index in [4.69, 9.17) is 0 Å². The molecule has 0 unspecified atom stereocenters. The van der Waals surface area contributed by atoms with Crippen molar-refractivity contribution in [3.63, 3.8) is 0 Å². The first-order valence-electron chi connectivity index (χ1n) is 18.1. The third kappa shape index (κ3) is 5.28. The van der Waals surface area contributed by atoms with Crippen molar-refractivity contribution in [2.24, 2.45) is 17.8 Å². The summed E-state index contributed by atoms with van der Waals surface area (Å²) < 4.78 is 0. The Labute approximate surface area is 233 Å². The molecule has 0 radical (unpaired) electrons. The van der Waals surface area contributed by atoms with Gasteiger partial charge in [-0.15, -0.1) is 0 Å². The van der Waals surface area contributed by atoms with Crippen LogP contribution >= 0.6 is 7.92 Å². The minimum absolute atomic E-state index is 0.0635. The van der Waals surface area contributed by atoms with Crippen molar-refractivity contribution in [1.82, 2.24) is 0 Å². The first-order valence-corrected chi connectivity index (χ1v) is 19.4. The molecule has 0 N–H and O–H groups in total. The zero-order valence-corrected chi connectivity index (χ0v) is 25.8. The molecule has 212 valence electrons. The van der Waals surface area contributed by atoms with Crippen LogP contribution in [-0.4, -0.2) is 15.5 Å². The van der Waals surface area contributed by atoms with Gasteiger partial charge >= 0.3 is 0 Å². The van der Waals surface area contributed by atoms with Crippen LogP contribution in [0.25, 0.3) is 0 Å². The first-order chi connectivity index (χ1) is 18.3. The predicted octanol–water partition coefficient (Wildman–Crippen LogP) is 12.3. The maximum absolute atomic E-state index is 1.67. The van der Waals surface area contributed by atoms with E-state index >= 15 is 0 Å². The molecule has 6 rings (SSSR count). The molecule has 6 aliphatic carbocycles. The predicted molar refractivity (Wildman–Crippen MR) is 164 cm³/mol. The van der Waals surface area contributed by atoms with E-state index in [1.807, 2.05) is 0 Å². The number of hydrogen-bond donors (Lipinski definition) is 0. The topological polar surface area (TPSA) is 0 Å². The van der Waals surface area contributed by atoms with Gasteiger partial charge in [-0.2, -0.15) is 0 Å². The van der Waals surface area contributed by atoms with Crippen LogP contribution in [-0.2, 0) is 0 Å². The minimum atomic E-state index is 0.0635. The summed E-state index contributed by atoms with van der Waals surface area (Å²) in [7, 11) is 0.0635. The van der Waals surface area contributed by atoms with E-state index in [1.165, 1.54) is 0 Å². The van der Waals surface area contributed by atoms with Crippen molar-refractivity contribution in [3.8, 4) is 0 Å². The summed E-state index contributed by atoms with van der Waals surface area (Å²) in [5.74, 6) is 3.33. The molecule has 0 nitrogen and oxygen atoms in total. The lowest BCUT2D eigenvalue weighted by molar-refractivity contribution is 0.162. The summed E-state index contributed by atoms with van der Waals surface area (Å²) in [4.78, 5) is 0. The molecule has 37 heavy (non-hydrogen) atoms. The molecule has 0 saturated heterocycles. The summed E-state index contributed by atoms with van der Waals surface area (Å²) in [6.07, 6.45) is 48.1. The summed E-state index contributed by atoms with van der Waals surface area (Å²) >= 11 is 0. The van der Waals surface area contributed by atoms with Crippen LogP contribution in [0.5, 0.6) is 0 Å². The van der Waals surface area contributed by atoms with E-state index in [0.717, 1.165) is 33.2 Å². The second-order valence-corrected chi connectivity index (χ2v) is 18.7. The lowest BCUT2D eigenvalue weighted by atomic mass is 9.70. The molecule has 6 saturated carbocycles. The first kappa shape index (κ1) is 27.6. The maximum Gasteiger partial charge on any atom is -0.00561 e. The SMILES string of the molecule is C1CCC(C2(P(C3(C4CCCCC4)CCCCC3)C3(C4CCCCC4)CCCCC3)CCCCC2)CC1. The van der Waals surface area contributed by atoms with Crippen LogP contribution in [0.4, 0.5) is 0 Å². The van der Waals surface area contributed by atoms with Gasteiger partial charge in [0.2, 0.25) is 0 Å². The normalized spacial score (nSPS) is 32.4. The lowest BCUT2D eigenvalue weighted by Gasteiger charge is -2.69. The van der Waals surface area contributed by atoms with E-state index in [-0.39, 0.29) is 7.92 Å². The van der Waals surface area contributed by atoms with Crippen LogP contribution in [0, 0.1) is 17.8 Å². The zero-order chi connectivity index (χ0) is 25.0. The molecule has 0 aromatic carbocycles. The van der Waals surface area contributed by atoms with Gasteiger partial charge in [-0.1, -0.05) is 123 Å². The van der Waals surface area contributed by atoms with Gasteiger partial charge in [0.05, 0.1) is 0 Å². The molecule has 1 heteroatoms. The van der Waals surface area contributed by atoms with E-state index in [1.54, 1.807) is 193 Å². The molecular formula is C36H63P. The molecule has 0 amide bonds. The highest BCUT2D eigenvalue weighted by Crippen LogP contribution is 2.82. The molecule has 0 spiro atoms. The Balaban J connectivity index is 1.53. The highest BCUT2D eigenvalue weighted by atomic mass is 31.1. The number of hydrogen-bond acceptors (Lipinski definition) is 0. The van der Waals surface area contributed by atoms with Gasteiger partial charge in [-0.25, -0.2) is 0 Å². The smallest absolute Gasteiger partial charge is 0.00561 e. The molecule has 0 aromatic rings. The van der Waals surface area contributed by atoms with Crippen molar-refractivity contribution in [2.75, 3.05) is 0 Å². The van der Waals surface area contributed by atoms with Crippen LogP contribution in [0.2, 0.25) is 0 Å². The molecule has 0 atom stereocenters. The molecule has 6 aliphatic rings. The van der Waals surface area contributed by atoms with Gasteiger partial charge in [0.25, 0.3) is 0 Å². The van der Waals surface area contributed by atoms with Crippen LogP contribution in [0.15, 0.2) is 0 Å². The van der Waals surface area contributed by atoms with Gasteiger partial charge < -0.3 is 0 Å². The Morgan fingerprint density at radius 1 is 0.270 bits per heavy atom. The van der Waals surface area contributed by atoms with Crippen molar-refractivity contribution in [2.45, 2.75) is 208 Å².